The first-order chi connectivity index (χ1) is 8.89. The van der Waals surface area contributed by atoms with Crippen LogP contribution >= 0.6 is 0 Å². The standard InChI is InChI=1S/C16H23NO/c1-2-8-15(9-3-1)18-11-10-16(12-17-13-16)14-6-4-5-7-14/h1-3,8-9,14,17H,4-7,10-13H2. The van der Waals surface area contributed by atoms with Gasteiger partial charge in [-0.3, -0.25) is 0 Å². The summed E-state index contributed by atoms with van der Waals surface area (Å²) in [5.41, 5.74) is 0.547. The van der Waals surface area contributed by atoms with Crippen LogP contribution in [0.25, 0.3) is 0 Å². The van der Waals surface area contributed by atoms with Crippen LogP contribution in [-0.4, -0.2) is 19.7 Å². The van der Waals surface area contributed by atoms with Crippen molar-refractivity contribution in [1.29, 1.82) is 0 Å². The van der Waals surface area contributed by atoms with Gasteiger partial charge in [0.05, 0.1) is 6.61 Å². The van der Waals surface area contributed by atoms with Gasteiger partial charge in [0.15, 0.2) is 0 Å². The largest absolute Gasteiger partial charge is 0.494 e. The lowest BCUT2D eigenvalue weighted by atomic mass is 9.68. The maximum absolute atomic E-state index is 5.87. The molecule has 2 fully saturated rings. The summed E-state index contributed by atoms with van der Waals surface area (Å²) in [7, 11) is 0. The summed E-state index contributed by atoms with van der Waals surface area (Å²) in [5, 5.41) is 3.47. The molecule has 1 saturated heterocycles. The van der Waals surface area contributed by atoms with E-state index < -0.39 is 0 Å². The number of ether oxygens (including phenoxy) is 1. The molecule has 0 aromatic heterocycles. The Labute approximate surface area is 110 Å². The van der Waals surface area contributed by atoms with Gasteiger partial charge in [-0.15, -0.1) is 0 Å². The molecule has 0 spiro atoms. The van der Waals surface area contributed by atoms with Gasteiger partial charge < -0.3 is 10.1 Å². The van der Waals surface area contributed by atoms with Crippen LogP contribution < -0.4 is 10.1 Å². The van der Waals surface area contributed by atoms with E-state index in [2.05, 4.69) is 5.32 Å². The molecule has 1 aliphatic carbocycles. The maximum Gasteiger partial charge on any atom is 0.119 e. The van der Waals surface area contributed by atoms with Gasteiger partial charge in [-0.2, -0.15) is 0 Å². The Balaban J connectivity index is 1.52. The number of benzene rings is 1. The molecule has 2 nitrogen and oxygen atoms in total. The second kappa shape index (κ2) is 5.31. The van der Waals surface area contributed by atoms with Crippen molar-refractivity contribution in [2.24, 2.45) is 11.3 Å². The van der Waals surface area contributed by atoms with Gasteiger partial charge in [0, 0.05) is 18.5 Å². The molecule has 98 valence electrons. The Morgan fingerprint density at radius 3 is 2.44 bits per heavy atom. The Kier molecular flexibility index (Phi) is 3.55. The molecule has 3 rings (SSSR count). The van der Waals surface area contributed by atoms with Gasteiger partial charge in [0.25, 0.3) is 0 Å². The van der Waals surface area contributed by atoms with Crippen LogP contribution in [0.2, 0.25) is 0 Å². The molecule has 1 saturated carbocycles. The van der Waals surface area contributed by atoms with Crippen molar-refractivity contribution in [3.63, 3.8) is 0 Å². The summed E-state index contributed by atoms with van der Waals surface area (Å²) >= 11 is 0. The Morgan fingerprint density at radius 1 is 1.11 bits per heavy atom. The van der Waals surface area contributed by atoms with E-state index in [1.165, 1.54) is 45.2 Å². The van der Waals surface area contributed by atoms with Crippen LogP contribution in [0, 0.1) is 11.3 Å². The monoisotopic (exact) mass is 245 g/mol. The summed E-state index contributed by atoms with van der Waals surface area (Å²) in [6, 6.07) is 10.2. The zero-order valence-corrected chi connectivity index (χ0v) is 11.0. The van der Waals surface area contributed by atoms with Gasteiger partial charge in [0.1, 0.15) is 5.75 Å². The molecule has 18 heavy (non-hydrogen) atoms. The zero-order chi connectivity index (χ0) is 12.3. The normalized spacial score (nSPS) is 22.7. The van der Waals surface area contributed by atoms with E-state index in [-0.39, 0.29) is 0 Å². The lowest BCUT2D eigenvalue weighted by Gasteiger charge is -2.47. The van der Waals surface area contributed by atoms with E-state index >= 15 is 0 Å². The van der Waals surface area contributed by atoms with E-state index in [0.717, 1.165) is 18.3 Å². The van der Waals surface area contributed by atoms with Crippen molar-refractivity contribution < 1.29 is 4.74 Å². The molecule has 1 aromatic carbocycles. The number of nitrogens with one attached hydrogen (secondary N) is 1. The predicted molar refractivity (Wildman–Crippen MR) is 73.8 cm³/mol. The molecule has 0 amide bonds. The van der Waals surface area contributed by atoms with Crippen molar-refractivity contribution >= 4 is 0 Å². The topological polar surface area (TPSA) is 21.3 Å². The third-order valence-electron chi connectivity index (χ3n) is 4.79. The van der Waals surface area contributed by atoms with Gasteiger partial charge in [0.2, 0.25) is 0 Å². The minimum atomic E-state index is 0.547. The molecule has 1 aliphatic heterocycles. The highest BCUT2D eigenvalue weighted by Crippen LogP contribution is 2.44. The van der Waals surface area contributed by atoms with Gasteiger partial charge >= 0.3 is 0 Å². The Hall–Kier alpha value is -1.02. The second-order valence-corrected chi connectivity index (χ2v) is 5.86. The van der Waals surface area contributed by atoms with E-state index in [1.54, 1.807) is 0 Å². The summed E-state index contributed by atoms with van der Waals surface area (Å²) in [6.07, 6.45) is 6.96. The molecule has 0 atom stereocenters. The summed E-state index contributed by atoms with van der Waals surface area (Å²) in [6.45, 7) is 3.27. The van der Waals surface area contributed by atoms with Crippen LogP contribution in [0.5, 0.6) is 5.75 Å². The first-order valence-electron chi connectivity index (χ1n) is 7.28. The van der Waals surface area contributed by atoms with Crippen LogP contribution in [0.4, 0.5) is 0 Å². The molecule has 2 heteroatoms. The van der Waals surface area contributed by atoms with Gasteiger partial charge in [-0.1, -0.05) is 31.0 Å². The maximum atomic E-state index is 5.87. The van der Waals surface area contributed by atoms with Crippen LogP contribution in [0.1, 0.15) is 32.1 Å². The van der Waals surface area contributed by atoms with E-state index in [0.29, 0.717) is 5.41 Å². The highest BCUT2D eigenvalue weighted by Gasteiger charge is 2.44. The van der Waals surface area contributed by atoms with Crippen LogP contribution in [0.3, 0.4) is 0 Å². The van der Waals surface area contributed by atoms with E-state index in [9.17, 15) is 0 Å². The molecular formula is C16H23NO. The lowest BCUT2D eigenvalue weighted by molar-refractivity contribution is 0.0522. The van der Waals surface area contributed by atoms with Crippen molar-refractivity contribution in [3.8, 4) is 5.75 Å². The molecular weight excluding hydrogens is 222 g/mol. The molecule has 2 aliphatic rings. The SMILES string of the molecule is c1ccc(OCCC2(C3CCCC3)CNC2)cc1. The Bertz CT molecular complexity index is 366. The van der Waals surface area contributed by atoms with E-state index in [4.69, 9.17) is 4.74 Å². The van der Waals surface area contributed by atoms with Crippen LogP contribution in [0.15, 0.2) is 30.3 Å². The zero-order valence-electron chi connectivity index (χ0n) is 11.0. The quantitative estimate of drug-likeness (QED) is 0.860. The number of para-hydroxylation sites is 1. The molecule has 0 bridgehead atoms. The molecule has 1 aromatic rings. The third kappa shape index (κ3) is 2.39. The minimum absolute atomic E-state index is 0.547. The molecule has 1 heterocycles. The van der Waals surface area contributed by atoms with Gasteiger partial charge in [-0.05, 0) is 37.3 Å². The van der Waals surface area contributed by atoms with Crippen LogP contribution in [-0.2, 0) is 0 Å². The van der Waals surface area contributed by atoms with Crippen molar-refractivity contribution in [2.75, 3.05) is 19.7 Å². The summed E-state index contributed by atoms with van der Waals surface area (Å²) in [5.74, 6) is 1.95. The molecule has 0 radical (unpaired) electrons. The van der Waals surface area contributed by atoms with Crippen molar-refractivity contribution in [2.45, 2.75) is 32.1 Å². The van der Waals surface area contributed by atoms with E-state index in [1.807, 2.05) is 30.3 Å². The molecule has 1 N–H and O–H groups in total. The first-order valence-corrected chi connectivity index (χ1v) is 7.28. The summed E-state index contributed by atoms with van der Waals surface area (Å²) < 4.78 is 5.87. The van der Waals surface area contributed by atoms with Crippen molar-refractivity contribution in [3.05, 3.63) is 30.3 Å². The summed E-state index contributed by atoms with van der Waals surface area (Å²) in [4.78, 5) is 0. The smallest absolute Gasteiger partial charge is 0.119 e. The predicted octanol–water partition coefficient (Wildman–Crippen LogP) is 3.24. The fourth-order valence-corrected chi connectivity index (χ4v) is 3.54. The lowest BCUT2D eigenvalue weighted by Crippen LogP contribution is -2.57. The number of hydrogen-bond acceptors (Lipinski definition) is 2. The fraction of sp³-hybridized carbons (Fsp3) is 0.625. The average Bonchev–Trinajstić information content (AvgIpc) is 2.88. The molecule has 0 unspecified atom stereocenters. The third-order valence-corrected chi connectivity index (χ3v) is 4.79. The fourth-order valence-electron chi connectivity index (χ4n) is 3.54. The number of hydrogen-bond donors (Lipinski definition) is 1. The average molecular weight is 245 g/mol. The second-order valence-electron chi connectivity index (χ2n) is 5.86. The highest BCUT2D eigenvalue weighted by molar-refractivity contribution is 5.20. The highest BCUT2D eigenvalue weighted by atomic mass is 16.5. The number of rotatable bonds is 5. The first kappa shape index (κ1) is 12.0. The minimum Gasteiger partial charge on any atom is -0.494 e. The van der Waals surface area contributed by atoms with Gasteiger partial charge in [-0.25, -0.2) is 0 Å². The Morgan fingerprint density at radius 2 is 1.83 bits per heavy atom. The van der Waals surface area contributed by atoms with Crippen molar-refractivity contribution in [1.82, 2.24) is 5.32 Å².